The Balaban J connectivity index is 0.965. The van der Waals surface area contributed by atoms with Crippen molar-refractivity contribution in [2.45, 2.75) is 0 Å². The molecule has 322 valence electrons. The van der Waals surface area contributed by atoms with Crippen LogP contribution in [0.3, 0.4) is 0 Å². The van der Waals surface area contributed by atoms with Crippen molar-refractivity contribution >= 4 is 65.4 Å². The molecule has 0 aliphatic rings. The van der Waals surface area contributed by atoms with Gasteiger partial charge in [-0.1, -0.05) is 164 Å². The lowest BCUT2D eigenvalue weighted by Gasteiger charge is -2.12. The van der Waals surface area contributed by atoms with Gasteiger partial charge in [0.1, 0.15) is 0 Å². The Bertz CT molecular complexity index is 4200. The number of fused-ring (bicyclic) bond motifs is 9. The van der Waals surface area contributed by atoms with Crippen LogP contribution in [0.1, 0.15) is 0 Å². The van der Waals surface area contributed by atoms with E-state index in [0.717, 1.165) is 71.6 Å². The maximum atomic E-state index is 5.36. The summed E-state index contributed by atoms with van der Waals surface area (Å²) in [7, 11) is 0. The molecule has 5 aromatic heterocycles. The molecule has 0 saturated heterocycles. The van der Waals surface area contributed by atoms with E-state index in [1.54, 1.807) is 0 Å². The van der Waals surface area contributed by atoms with Gasteiger partial charge in [-0.15, -0.1) is 0 Å². The van der Waals surface area contributed by atoms with Crippen LogP contribution in [0, 0.1) is 0 Å². The number of hydrogen-bond acceptors (Lipinski definition) is 6. The summed E-state index contributed by atoms with van der Waals surface area (Å²) >= 11 is 0. The van der Waals surface area contributed by atoms with E-state index in [2.05, 4.69) is 147 Å². The van der Waals surface area contributed by atoms with Gasteiger partial charge >= 0.3 is 0 Å². The topological polar surface area (TPSA) is 92.1 Å². The fraction of sp³-hybridized carbons (Fsp3) is 0. The first kappa shape index (κ1) is 38.6. The van der Waals surface area contributed by atoms with Gasteiger partial charge in [0.25, 0.3) is 0 Å². The average molecular weight is 884 g/mol. The molecule has 5 heterocycles. The molecule has 0 saturated carbocycles. The molecule has 0 unspecified atom stereocenters. The molecule has 0 aliphatic carbocycles. The number of para-hydroxylation sites is 4. The molecule has 0 fully saturated rings. The maximum Gasteiger partial charge on any atom is 0.238 e. The summed E-state index contributed by atoms with van der Waals surface area (Å²) in [5.74, 6) is 3.40. The minimum absolute atomic E-state index is 0.531. The highest BCUT2D eigenvalue weighted by molar-refractivity contribution is 6.13. The van der Waals surface area contributed by atoms with Crippen molar-refractivity contribution in [3.8, 4) is 63.1 Å². The number of aromatic nitrogens is 9. The lowest BCUT2D eigenvalue weighted by atomic mass is 10.1. The van der Waals surface area contributed by atoms with Crippen molar-refractivity contribution < 1.29 is 0 Å². The second-order valence-corrected chi connectivity index (χ2v) is 17.2. The molecule has 9 nitrogen and oxygen atoms in total. The lowest BCUT2D eigenvalue weighted by Crippen LogP contribution is -2.07. The third-order valence-corrected chi connectivity index (χ3v) is 13.2. The predicted octanol–water partition coefficient (Wildman–Crippen LogP) is 14.0. The van der Waals surface area contributed by atoms with Crippen molar-refractivity contribution in [3.63, 3.8) is 0 Å². The second-order valence-electron chi connectivity index (χ2n) is 17.2. The lowest BCUT2D eigenvalue weighted by molar-refractivity contribution is 0.951. The zero-order valence-electron chi connectivity index (χ0n) is 36.9. The van der Waals surface area contributed by atoms with Crippen LogP contribution in [0.4, 0.5) is 0 Å². The monoisotopic (exact) mass is 883 g/mol. The van der Waals surface area contributed by atoms with Gasteiger partial charge in [0.15, 0.2) is 23.3 Å². The van der Waals surface area contributed by atoms with Crippen LogP contribution in [0.5, 0.6) is 0 Å². The molecule has 69 heavy (non-hydrogen) atoms. The summed E-state index contributed by atoms with van der Waals surface area (Å²) in [6.45, 7) is 0. The highest BCUT2D eigenvalue weighted by atomic mass is 15.2. The Hall–Kier alpha value is -9.60. The van der Waals surface area contributed by atoms with Crippen LogP contribution in [-0.4, -0.2) is 43.6 Å². The molecule has 9 heteroatoms. The SMILES string of the molecule is c1ccc(-c2nc(-c3ccccc3)nc(-n3c4ccccc4c4cc(-c5nc(-c6ccccc6)nc(-n6c7ccccc7c7cc(-n8c9ccccc9c9ccccc98)ccc76)n5)ccc43)n2)cc1. The first-order valence-electron chi connectivity index (χ1n) is 23.0. The van der Waals surface area contributed by atoms with Crippen molar-refractivity contribution in [3.05, 3.63) is 224 Å². The van der Waals surface area contributed by atoms with E-state index in [0.29, 0.717) is 35.2 Å². The zero-order valence-corrected chi connectivity index (χ0v) is 36.9. The smallest absolute Gasteiger partial charge is 0.238 e. The van der Waals surface area contributed by atoms with Crippen LogP contribution in [0.2, 0.25) is 0 Å². The Morgan fingerprint density at radius 1 is 0.217 bits per heavy atom. The molecule has 9 aromatic carbocycles. The molecule has 0 aliphatic heterocycles. The molecular formula is C60H37N9. The van der Waals surface area contributed by atoms with Crippen LogP contribution in [0.25, 0.3) is 129 Å². The first-order chi connectivity index (χ1) is 34.2. The third kappa shape index (κ3) is 6.25. The number of nitrogens with zero attached hydrogens (tertiary/aromatic N) is 9. The van der Waals surface area contributed by atoms with Gasteiger partial charge in [-0.25, -0.2) is 9.97 Å². The van der Waals surface area contributed by atoms with Crippen molar-refractivity contribution in [1.29, 1.82) is 0 Å². The van der Waals surface area contributed by atoms with Gasteiger partial charge < -0.3 is 4.57 Å². The van der Waals surface area contributed by atoms with Gasteiger partial charge in [-0.05, 0) is 60.7 Å². The fourth-order valence-corrected chi connectivity index (χ4v) is 10.1. The van der Waals surface area contributed by atoms with E-state index < -0.39 is 0 Å². The summed E-state index contributed by atoms with van der Waals surface area (Å²) < 4.78 is 6.68. The minimum atomic E-state index is 0.531. The average Bonchev–Trinajstić information content (AvgIpc) is 4.07. The molecule has 0 atom stereocenters. The van der Waals surface area contributed by atoms with Crippen molar-refractivity contribution in [1.82, 2.24) is 43.6 Å². The highest BCUT2D eigenvalue weighted by Gasteiger charge is 2.22. The molecule has 0 spiro atoms. The predicted molar refractivity (Wildman–Crippen MR) is 278 cm³/mol. The van der Waals surface area contributed by atoms with E-state index >= 15 is 0 Å². The Morgan fingerprint density at radius 2 is 0.536 bits per heavy atom. The van der Waals surface area contributed by atoms with Gasteiger partial charge in [0.2, 0.25) is 11.9 Å². The minimum Gasteiger partial charge on any atom is -0.309 e. The van der Waals surface area contributed by atoms with Gasteiger partial charge in [0.05, 0.1) is 33.1 Å². The van der Waals surface area contributed by atoms with E-state index in [4.69, 9.17) is 29.9 Å². The molecule has 14 rings (SSSR count). The highest BCUT2D eigenvalue weighted by Crippen LogP contribution is 2.39. The summed E-state index contributed by atoms with van der Waals surface area (Å²) in [5.41, 5.74) is 10.9. The van der Waals surface area contributed by atoms with Crippen LogP contribution < -0.4 is 0 Å². The van der Waals surface area contributed by atoms with Crippen LogP contribution in [0.15, 0.2) is 224 Å². The largest absolute Gasteiger partial charge is 0.309 e. The quantitative estimate of drug-likeness (QED) is 0.158. The van der Waals surface area contributed by atoms with E-state index in [1.807, 2.05) is 91.0 Å². The molecule has 0 bridgehead atoms. The third-order valence-electron chi connectivity index (χ3n) is 13.2. The molecular weight excluding hydrogens is 847 g/mol. The van der Waals surface area contributed by atoms with Gasteiger partial charge in [0, 0.05) is 60.3 Å². The summed E-state index contributed by atoms with van der Waals surface area (Å²) in [5, 5.41) is 6.73. The zero-order chi connectivity index (χ0) is 45.4. The van der Waals surface area contributed by atoms with Crippen LogP contribution >= 0.6 is 0 Å². The number of rotatable bonds is 7. The fourth-order valence-electron chi connectivity index (χ4n) is 10.1. The van der Waals surface area contributed by atoms with E-state index in [-0.39, 0.29) is 0 Å². The number of benzene rings is 9. The second kappa shape index (κ2) is 15.5. The standard InChI is InChI=1S/C60H37N9/c1-4-18-38(19-5-1)55-61-56(39-20-6-2-7-21-39)64-59(63-55)68-51-30-16-12-26-45(51)47-36-41(32-34-53(47)68)58-62-57(40-22-8-3-9-23-40)65-60(66-58)69-52-31-17-13-27-46(52)48-37-42(33-35-54(48)69)67-49-28-14-10-24-43(49)44-25-11-15-29-50(44)67/h1-37H. The number of hydrogen-bond donors (Lipinski definition) is 0. The molecule has 0 N–H and O–H groups in total. The van der Waals surface area contributed by atoms with Crippen LogP contribution in [-0.2, 0) is 0 Å². The Kier molecular flexibility index (Phi) is 8.68. The summed E-state index contributed by atoms with van der Waals surface area (Å²) in [6, 6.07) is 77.5. The molecule has 14 aromatic rings. The normalized spacial score (nSPS) is 11.8. The summed E-state index contributed by atoms with van der Waals surface area (Å²) in [6.07, 6.45) is 0. The Morgan fingerprint density at radius 3 is 0.971 bits per heavy atom. The van der Waals surface area contributed by atoms with Gasteiger partial charge in [-0.2, -0.15) is 19.9 Å². The van der Waals surface area contributed by atoms with Crippen molar-refractivity contribution in [2.24, 2.45) is 0 Å². The Labute approximate surface area is 394 Å². The first-order valence-corrected chi connectivity index (χ1v) is 23.0. The molecule has 0 amide bonds. The van der Waals surface area contributed by atoms with E-state index in [9.17, 15) is 0 Å². The van der Waals surface area contributed by atoms with E-state index in [1.165, 1.54) is 21.8 Å². The molecule has 0 radical (unpaired) electrons. The maximum absolute atomic E-state index is 5.36. The van der Waals surface area contributed by atoms with Gasteiger partial charge in [-0.3, -0.25) is 9.13 Å². The summed E-state index contributed by atoms with van der Waals surface area (Å²) in [4.78, 5) is 31.1. The van der Waals surface area contributed by atoms with Crippen molar-refractivity contribution in [2.75, 3.05) is 0 Å².